The standard InChI is InChI=1S/C19H24N6O/c1-3-26-16-6-4-5-15(11-16)13-25-19-17(12-21-25)18(22-14(2)23-19)24-9-7-20-8-10-24/h4-6,11-12,20H,3,7-10,13H2,1-2H3. The van der Waals surface area contributed by atoms with Gasteiger partial charge in [0.2, 0.25) is 0 Å². The van der Waals surface area contributed by atoms with Crippen LogP contribution in [0.4, 0.5) is 5.82 Å². The van der Waals surface area contributed by atoms with Gasteiger partial charge in [-0.2, -0.15) is 5.10 Å². The monoisotopic (exact) mass is 352 g/mol. The van der Waals surface area contributed by atoms with Crippen molar-refractivity contribution >= 4 is 16.9 Å². The molecule has 3 aromatic rings. The molecule has 0 atom stereocenters. The van der Waals surface area contributed by atoms with Crippen LogP contribution in [0.25, 0.3) is 11.0 Å². The molecule has 1 aliphatic heterocycles. The number of aryl methyl sites for hydroxylation is 1. The third-order valence-electron chi connectivity index (χ3n) is 4.55. The molecule has 1 aliphatic rings. The zero-order valence-corrected chi connectivity index (χ0v) is 15.3. The predicted octanol–water partition coefficient (Wildman–Crippen LogP) is 1.99. The Morgan fingerprint density at radius 2 is 2.04 bits per heavy atom. The number of nitrogens with zero attached hydrogens (tertiary/aromatic N) is 5. The molecule has 1 saturated heterocycles. The maximum atomic E-state index is 5.60. The van der Waals surface area contributed by atoms with Gasteiger partial charge in [-0.3, -0.25) is 0 Å². The van der Waals surface area contributed by atoms with Crippen molar-refractivity contribution in [2.75, 3.05) is 37.7 Å². The van der Waals surface area contributed by atoms with Crippen LogP contribution in [0.3, 0.4) is 0 Å². The number of fused-ring (bicyclic) bond motifs is 1. The molecule has 0 radical (unpaired) electrons. The topological polar surface area (TPSA) is 68.1 Å². The van der Waals surface area contributed by atoms with E-state index in [2.05, 4.69) is 32.4 Å². The van der Waals surface area contributed by atoms with Crippen molar-refractivity contribution in [1.82, 2.24) is 25.1 Å². The van der Waals surface area contributed by atoms with Gasteiger partial charge in [0.25, 0.3) is 0 Å². The Morgan fingerprint density at radius 3 is 2.85 bits per heavy atom. The third-order valence-corrected chi connectivity index (χ3v) is 4.55. The van der Waals surface area contributed by atoms with Crippen LogP contribution in [0.15, 0.2) is 30.5 Å². The Hall–Kier alpha value is -2.67. The molecular weight excluding hydrogens is 328 g/mol. The number of rotatable bonds is 5. The molecule has 0 unspecified atom stereocenters. The summed E-state index contributed by atoms with van der Waals surface area (Å²) in [6.07, 6.45) is 1.89. The molecule has 3 heterocycles. The van der Waals surface area contributed by atoms with Gasteiger partial charge in [-0.25, -0.2) is 14.6 Å². The lowest BCUT2D eigenvalue weighted by Gasteiger charge is -2.28. The van der Waals surface area contributed by atoms with E-state index in [1.807, 2.05) is 36.9 Å². The van der Waals surface area contributed by atoms with Crippen molar-refractivity contribution in [3.05, 3.63) is 41.9 Å². The van der Waals surface area contributed by atoms with E-state index in [1.165, 1.54) is 0 Å². The Balaban J connectivity index is 1.68. The Kier molecular flexibility index (Phi) is 4.71. The van der Waals surface area contributed by atoms with Gasteiger partial charge < -0.3 is 15.0 Å². The van der Waals surface area contributed by atoms with Crippen LogP contribution < -0.4 is 15.0 Å². The van der Waals surface area contributed by atoms with Crippen LogP contribution >= 0.6 is 0 Å². The van der Waals surface area contributed by atoms with Gasteiger partial charge in [-0.05, 0) is 31.5 Å². The minimum atomic E-state index is 0.655. The minimum Gasteiger partial charge on any atom is -0.494 e. The molecule has 1 fully saturated rings. The molecule has 0 aliphatic carbocycles. The quantitative estimate of drug-likeness (QED) is 0.757. The summed E-state index contributed by atoms with van der Waals surface area (Å²) in [4.78, 5) is 11.7. The van der Waals surface area contributed by atoms with Gasteiger partial charge in [0.05, 0.1) is 24.7 Å². The van der Waals surface area contributed by atoms with Gasteiger partial charge in [0.1, 0.15) is 17.4 Å². The molecule has 1 N–H and O–H groups in total. The van der Waals surface area contributed by atoms with Gasteiger partial charge in [-0.1, -0.05) is 12.1 Å². The van der Waals surface area contributed by atoms with Gasteiger partial charge >= 0.3 is 0 Å². The van der Waals surface area contributed by atoms with Gasteiger partial charge in [0.15, 0.2) is 5.65 Å². The second-order valence-corrected chi connectivity index (χ2v) is 6.45. The van der Waals surface area contributed by atoms with E-state index in [0.717, 1.165) is 60.2 Å². The molecule has 26 heavy (non-hydrogen) atoms. The zero-order chi connectivity index (χ0) is 17.9. The zero-order valence-electron chi connectivity index (χ0n) is 15.3. The van der Waals surface area contributed by atoms with E-state index >= 15 is 0 Å². The maximum Gasteiger partial charge on any atom is 0.163 e. The summed E-state index contributed by atoms with van der Waals surface area (Å²) >= 11 is 0. The number of aromatic nitrogens is 4. The highest BCUT2D eigenvalue weighted by atomic mass is 16.5. The number of nitrogens with one attached hydrogen (secondary N) is 1. The molecule has 7 nitrogen and oxygen atoms in total. The normalized spacial score (nSPS) is 14.8. The van der Waals surface area contributed by atoms with Crippen LogP contribution in [-0.4, -0.2) is 52.5 Å². The summed E-state index contributed by atoms with van der Waals surface area (Å²) in [6, 6.07) is 8.13. The van der Waals surface area contributed by atoms with E-state index in [1.54, 1.807) is 0 Å². The fourth-order valence-corrected chi connectivity index (χ4v) is 3.35. The summed E-state index contributed by atoms with van der Waals surface area (Å²) in [5.74, 6) is 2.65. The van der Waals surface area contributed by atoms with Crippen LogP contribution in [0.1, 0.15) is 18.3 Å². The summed E-state index contributed by atoms with van der Waals surface area (Å²) in [6.45, 7) is 9.10. The predicted molar refractivity (Wildman–Crippen MR) is 102 cm³/mol. The summed E-state index contributed by atoms with van der Waals surface area (Å²) < 4.78 is 7.55. The van der Waals surface area contributed by atoms with Crippen LogP contribution in [-0.2, 0) is 6.54 Å². The van der Waals surface area contributed by atoms with Crippen molar-refractivity contribution in [2.45, 2.75) is 20.4 Å². The molecule has 0 amide bonds. The first-order chi connectivity index (χ1) is 12.7. The molecular formula is C19H24N6O. The van der Waals surface area contributed by atoms with E-state index in [0.29, 0.717) is 13.2 Å². The molecule has 136 valence electrons. The molecule has 1 aromatic carbocycles. The van der Waals surface area contributed by atoms with Crippen molar-refractivity contribution in [3.8, 4) is 5.75 Å². The molecule has 0 spiro atoms. The lowest BCUT2D eigenvalue weighted by Crippen LogP contribution is -2.44. The number of benzene rings is 1. The number of anilines is 1. The average Bonchev–Trinajstić information content (AvgIpc) is 3.05. The lowest BCUT2D eigenvalue weighted by atomic mass is 10.2. The Labute approximate surface area is 153 Å². The number of hydrogen-bond acceptors (Lipinski definition) is 6. The van der Waals surface area contributed by atoms with E-state index in [9.17, 15) is 0 Å². The van der Waals surface area contributed by atoms with E-state index in [-0.39, 0.29) is 0 Å². The first kappa shape index (κ1) is 16.8. The van der Waals surface area contributed by atoms with Crippen molar-refractivity contribution < 1.29 is 4.74 Å². The molecule has 0 bridgehead atoms. The minimum absolute atomic E-state index is 0.655. The SMILES string of the molecule is CCOc1cccc(Cn2ncc3c(N4CCNCC4)nc(C)nc32)c1. The highest BCUT2D eigenvalue weighted by Crippen LogP contribution is 2.25. The van der Waals surface area contributed by atoms with E-state index in [4.69, 9.17) is 9.72 Å². The highest BCUT2D eigenvalue weighted by molar-refractivity contribution is 5.87. The molecule has 4 rings (SSSR count). The third kappa shape index (κ3) is 3.35. The summed E-state index contributed by atoms with van der Waals surface area (Å²) in [5.41, 5.74) is 2.02. The number of piperazine rings is 1. The van der Waals surface area contributed by atoms with Crippen LogP contribution in [0, 0.1) is 6.92 Å². The van der Waals surface area contributed by atoms with Crippen molar-refractivity contribution in [3.63, 3.8) is 0 Å². The first-order valence-electron chi connectivity index (χ1n) is 9.12. The summed E-state index contributed by atoms with van der Waals surface area (Å²) in [7, 11) is 0. The second kappa shape index (κ2) is 7.29. The summed E-state index contributed by atoms with van der Waals surface area (Å²) in [5, 5.41) is 8.99. The fraction of sp³-hybridized carbons (Fsp3) is 0.421. The smallest absolute Gasteiger partial charge is 0.163 e. The fourth-order valence-electron chi connectivity index (χ4n) is 3.35. The molecule has 7 heteroatoms. The molecule has 0 saturated carbocycles. The Bertz CT molecular complexity index is 900. The van der Waals surface area contributed by atoms with Crippen molar-refractivity contribution in [1.29, 1.82) is 0 Å². The largest absolute Gasteiger partial charge is 0.494 e. The van der Waals surface area contributed by atoms with Gasteiger partial charge in [0, 0.05) is 26.2 Å². The van der Waals surface area contributed by atoms with Gasteiger partial charge in [-0.15, -0.1) is 0 Å². The average molecular weight is 352 g/mol. The van der Waals surface area contributed by atoms with Crippen LogP contribution in [0.2, 0.25) is 0 Å². The highest BCUT2D eigenvalue weighted by Gasteiger charge is 2.18. The number of ether oxygens (including phenoxy) is 1. The molecule has 2 aromatic heterocycles. The van der Waals surface area contributed by atoms with Crippen LogP contribution in [0.5, 0.6) is 5.75 Å². The Morgan fingerprint density at radius 1 is 1.19 bits per heavy atom. The first-order valence-corrected chi connectivity index (χ1v) is 9.12. The number of hydrogen-bond donors (Lipinski definition) is 1. The van der Waals surface area contributed by atoms with E-state index < -0.39 is 0 Å². The second-order valence-electron chi connectivity index (χ2n) is 6.45. The maximum absolute atomic E-state index is 5.60. The van der Waals surface area contributed by atoms with Crippen molar-refractivity contribution in [2.24, 2.45) is 0 Å². The lowest BCUT2D eigenvalue weighted by molar-refractivity contribution is 0.340.